The first-order valence-corrected chi connectivity index (χ1v) is 6.64. The van der Waals surface area contributed by atoms with Crippen molar-refractivity contribution in [1.29, 1.82) is 0 Å². The van der Waals surface area contributed by atoms with Gasteiger partial charge in [-0.05, 0) is 37.5 Å². The second-order valence-corrected chi connectivity index (χ2v) is 5.10. The molecule has 3 unspecified atom stereocenters. The van der Waals surface area contributed by atoms with Gasteiger partial charge in [-0.2, -0.15) is 0 Å². The van der Waals surface area contributed by atoms with Crippen molar-refractivity contribution in [1.82, 2.24) is 0 Å². The number of aliphatic hydroxyl groups excluding tert-OH is 1. The molecule has 19 heavy (non-hydrogen) atoms. The van der Waals surface area contributed by atoms with Gasteiger partial charge in [-0.15, -0.1) is 0 Å². The van der Waals surface area contributed by atoms with E-state index in [9.17, 15) is 5.11 Å². The van der Waals surface area contributed by atoms with Crippen LogP contribution in [0.4, 0.5) is 0 Å². The van der Waals surface area contributed by atoms with E-state index in [1.807, 2.05) is 25.1 Å². The first-order valence-electron chi connectivity index (χ1n) is 6.64. The van der Waals surface area contributed by atoms with Gasteiger partial charge in [0, 0.05) is 5.92 Å². The maximum atomic E-state index is 10.3. The van der Waals surface area contributed by atoms with E-state index in [1.54, 1.807) is 14.2 Å². The molecule has 3 atom stereocenters. The summed E-state index contributed by atoms with van der Waals surface area (Å²) in [7, 11) is 3.23. The molecule has 0 bridgehead atoms. The SMILES string of the molecule is COc1ccc(CC(O)C2COC(C)C2)cc1OC. The summed E-state index contributed by atoms with van der Waals surface area (Å²) in [6, 6.07) is 5.75. The van der Waals surface area contributed by atoms with E-state index < -0.39 is 0 Å². The summed E-state index contributed by atoms with van der Waals surface area (Å²) in [6.45, 7) is 2.69. The molecule has 4 heteroatoms. The maximum absolute atomic E-state index is 10.3. The van der Waals surface area contributed by atoms with E-state index in [1.165, 1.54) is 0 Å². The molecule has 1 aliphatic heterocycles. The summed E-state index contributed by atoms with van der Waals surface area (Å²) in [5.41, 5.74) is 1.05. The summed E-state index contributed by atoms with van der Waals surface area (Å²) >= 11 is 0. The molecule has 0 aliphatic carbocycles. The van der Waals surface area contributed by atoms with Crippen LogP contribution in [0, 0.1) is 5.92 Å². The van der Waals surface area contributed by atoms with Gasteiger partial charge in [0.15, 0.2) is 11.5 Å². The van der Waals surface area contributed by atoms with Crippen molar-refractivity contribution < 1.29 is 19.3 Å². The van der Waals surface area contributed by atoms with Crippen LogP contribution in [0.3, 0.4) is 0 Å². The van der Waals surface area contributed by atoms with Gasteiger partial charge in [-0.1, -0.05) is 6.07 Å². The summed E-state index contributed by atoms with van der Waals surface area (Å²) in [6.07, 6.45) is 1.42. The average molecular weight is 266 g/mol. The number of methoxy groups -OCH3 is 2. The molecule has 1 heterocycles. The van der Waals surface area contributed by atoms with Crippen molar-refractivity contribution in [3.63, 3.8) is 0 Å². The molecule has 1 aromatic carbocycles. The molecule has 2 rings (SSSR count). The van der Waals surface area contributed by atoms with Gasteiger partial charge in [-0.3, -0.25) is 0 Å². The Bertz CT molecular complexity index is 419. The lowest BCUT2D eigenvalue weighted by Crippen LogP contribution is -2.23. The van der Waals surface area contributed by atoms with Crippen LogP contribution in [0.5, 0.6) is 11.5 Å². The quantitative estimate of drug-likeness (QED) is 0.886. The van der Waals surface area contributed by atoms with Crippen LogP contribution in [0.15, 0.2) is 18.2 Å². The van der Waals surface area contributed by atoms with Gasteiger partial charge in [0.1, 0.15) is 0 Å². The van der Waals surface area contributed by atoms with Gasteiger partial charge in [0.25, 0.3) is 0 Å². The smallest absolute Gasteiger partial charge is 0.160 e. The number of ether oxygens (including phenoxy) is 3. The second kappa shape index (κ2) is 6.26. The largest absolute Gasteiger partial charge is 0.493 e. The van der Waals surface area contributed by atoms with Crippen molar-refractivity contribution in [3.8, 4) is 11.5 Å². The monoisotopic (exact) mass is 266 g/mol. The summed E-state index contributed by atoms with van der Waals surface area (Å²) in [5.74, 6) is 1.63. The molecule has 0 aromatic heterocycles. The number of benzene rings is 1. The third kappa shape index (κ3) is 3.39. The molecule has 0 spiro atoms. The topological polar surface area (TPSA) is 47.9 Å². The molecule has 106 valence electrons. The molecule has 1 aromatic rings. The molecular formula is C15H22O4. The Labute approximate surface area is 114 Å². The van der Waals surface area contributed by atoms with Gasteiger partial charge >= 0.3 is 0 Å². The number of hydrogen-bond donors (Lipinski definition) is 1. The van der Waals surface area contributed by atoms with Crippen molar-refractivity contribution >= 4 is 0 Å². The lowest BCUT2D eigenvalue weighted by molar-refractivity contribution is 0.0806. The van der Waals surface area contributed by atoms with E-state index in [2.05, 4.69) is 0 Å². The molecule has 0 amide bonds. The highest BCUT2D eigenvalue weighted by Crippen LogP contribution is 2.30. The van der Waals surface area contributed by atoms with Crippen LogP contribution < -0.4 is 9.47 Å². The predicted molar refractivity (Wildman–Crippen MR) is 72.8 cm³/mol. The van der Waals surface area contributed by atoms with E-state index in [4.69, 9.17) is 14.2 Å². The van der Waals surface area contributed by atoms with Crippen molar-refractivity contribution in [2.24, 2.45) is 5.92 Å². The first-order chi connectivity index (χ1) is 9.13. The van der Waals surface area contributed by atoms with Crippen LogP contribution in [-0.2, 0) is 11.2 Å². The summed E-state index contributed by atoms with van der Waals surface area (Å²) in [5, 5.41) is 10.3. The standard InChI is InChI=1S/C15H22O4/c1-10-6-12(9-19-10)13(16)7-11-4-5-14(17-2)15(8-11)18-3/h4-5,8,10,12-13,16H,6-7,9H2,1-3H3. The van der Waals surface area contributed by atoms with E-state index in [0.29, 0.717) is 24.5 Å². The molecule has 1 aliphatic rings. The van der Waals surface area contributed by atoms with Crippen molar-refractivity contribution in [2.45, 2.75) is 32.0 Å². The molecule has 1 saturated heterocycles. The van der Waals surface area contributed by atoms with Gasteiger partial charge in [0.05, 0.1) is 33.0 Å². The Morgan fingerprint density at radius 1 is 1.32 bits per heavy atom. The average Bonchev–Trinajstić information content (AvgIpc) is 2.85. The van der Waals surface area contributed by atoms with Crippen LogP contribution in [-0.4, -0.2) is 38.1 Å². The highest BCUT2D eigenvalue weighted by Gasteiger charge is 2.28. The molecule has 0 radical (unpaired) electrons. The lowest BCUT2D eigenvalue weighted by atomic mass is 9.94. The molecule has 1 fully saturated rings. The number of hydrogen-bond acceptors (Lipinski definition) is 4. The zero-order valence-corrected chi connectivity index (χ0v) is 11.8. The summed E-state index contributed by atoms with van der Waals surface area (Å²) in [4.78, 5) is 0. The molecule has 0 saturated carbocycles. The zero-order chi connectivity index (χ0) is 13.8. The van der Waals surface area contributed by atoms with Crippen LogP contribution >= 0.6 is 0 Å². The van der Waals surface area contributed by atoms with E-state index >= 15 is 0 Å². The van der Waals surface area contributed by atoms with Crippen molar-refractivity contribution in [3.05, 3.63) is 23.8 Å². The Hall–Kier alpha value is -1.26. The number of rotatable bonds is 5. The minimum absolute atomic E-state index is 0.225. The highest BCUT2D eigenvalue weighted by molar-refractivity contribution is 5.43. The lowest BCUT2D eigenvalue weighted by Gasteiger charge is -2.17. The Morgan fingerprint density at radius 2 is 2.05 bits per heavy atom. The first kappa shape index (κ1) is 14.2. The van der Waals surface area contributed by atoms with Crippen LogP contribution in [0.1, 0.15) is 18.9 Å². The zero-order valence-electron chi connectivity index (χ0n) is 11.8. The fourth-order valence-corrected chi connectivity index (χ4v) is 2.53. The van der Waals surface area contributed by atoms with Crippen LogP contribution in [0.2, 0.25) is 0 Å². The summed E-state index contributed by atoms with van der Waals surface area (Å²) < 4.78 is 16.0. The molecular weight excluding hydrogens is 244 g/mol. The second-order valence-electron chi connectivity index (χ2n) is 5.10. The molecule has 4 nitrogen and oxygen atoms in total. The van der Waals surface area contributed by atoms with E-state index in [0.717, 1.165) is 12.0 Å². The minimum Gasteiger partial charge on any atom is -0.493 e. The van der Waals surface area contributed by atoms with Crippen LogP contribution in [0.25, 0.3) is 0 Å². The third-order valence-corrected chi connectivity index (χ3v) is 3.67. The fraction of sp³-hybridized carbons (Fsp3) is 0.600. The maximum Gasteiger partial charge on any atom is 0.160 e. The Kier molecular flexibility index (Phi) is 4.66. The van der Waals surface area contributed by atoms with E-state index in [-0.39, 0.29) is 18.1 Å². The van der Waals surface area contributed by atoms with Gasteiger partial charge < -0.3 is 19.3 Å². The Balaban J connectivity index is 2.02. The number of aliphatic hydroxyl groups is 1. The predicted octanol–water partition coefficient (Wildman–Crippen LogP) is 2.03. The van der Waals surface area contributed by atoms with Gasteiger partial charge in [0.2, 0.25) is 0 Å². The molecule has 1 N–H and O–H groups in total. The highest BCUT2D eigenvalue weighted by atomic mass is 16.5. The minimum atomic E-state index is -0.372. The normalized spacial score (nSPS) is 24.2. The van der Waals surface area contributed by atoms with Gasteiger partial charge in [-0.25, -0.2) is 0 Å². The fourth-order valence-electron chi connectivity index (χ4n) is 2.53. The Morgan fingerprint density at radius 3 is 2.63 bits per heavy atom. The van der Waals surface area contributed by atoms with Crippen molar-refractivity contribution in [2.75, 3.05) is 20.8 Å². The third-order valence-electron chi connectivity index (χ3n) is 3.67.